The van der Waals surface area contributed by atoms with Crippen LogP contribution in [0.5, 0.6) is 0 Å². The zero-order chi connectivity index (χ0) is 103. The number of amides is 6. The summed E-state index contributed by atoms with van der Waals surface area (Å²) in [5.74, 6) is 2.40. The Morgan fingerprint density at radius 1 is 0.307 bits per heavy atom. The van der Waals surface area contributed by atoms with Crippen molar-refractivity contribution in [1.82, 2.24) is 99.0 Å². The Morgan fingerprint density at radius 2 is 0.587 bits per heavy atom. The summed E-state index contributed by atoms with van der Waals surface area (Å²) in [6, 6.07) is 46.1. The van der Waals surface area contributed by atoms with Crippen molar-refractivity contribution in [3.05, 3.63) is 303 Å². The number of hydrogen-bond donors (Lipinski definition) is 12. The lowest BCUT2D eigenvalue weighted by atomic mass is 10.0. The van der Waals surface area contributed by atoms with Crippen LogP contribution in [-0.2, 0) is 38.8 Å². The number of aromatic nitrogens is 12. The molecule has 4 saturated heterocycles. The topological polar surface area (TPSA) is 449 Å². The number of nitrogens with one attached hydrogen (secondary N) is 12. The van der Waals surface area contributed by atoms with Crippen LogP contribution < -0.4 is 43.5 Å². The minimum absolute atomic E-state index is 0.0123. The van der Waals surface area contributed by atoms with Gasteiger partial charge in [0.05, 0.1) is 102 Å². The van der Waals surface area contributed by atoms with Gasteiger partial charge in [0.25, 0.3) is 57.7 Å². The molecule has 4 fully saturated rings. The van der Waals surface area contributed by atoms with Crippen LogP contribution in [0.4, 0.5) is 22.7 Å². The lowest BCUT2D eigenvalue weighted by Crippen LogP contribution is -2.37. The Hall–Kier alpha value is -16.2. The number of imide groups is 2. The van der Waals surface area contributed by atoms with Gasteiger partial charge in [-0.3, -0.25) is 57.7 Å². The van der Waals surface area contributed by atoms with E-state index in [1.165, 1.54) is 57.7 Å². The first kappa shape index (κ1) is 99.8. The van der Waals surface area contributed by atoms with E-state index in [9.17, 15) is 47.9 Å². The first-order chi connectivity index (χ1) is 72.9. The van der Waals surface area contributed by atoms with Crippen LogP contribution in [-0.4, -0.2) is 263 Å². The standard InChI is InChI=1S/C30H32N6O3.C30H34N6O2.C27H28N6O4.C27H30N6O3/c1-18-7-3-4-8-20(18)15-19(2)32-23-9-10-31-28(37)26(23)27-33-24-16-21-22(17-25(24)34-27)30(39)36(29(21)38)14-13-35-11-5-6-12-35;1-19-7-3-4-8-21(19)15-20(2)32-24-9-10-31-29(37)27(24)28-33-25-16-22-18-36(14-13-35-11-5-6-12-35)30(38)23(22)17-26(25)34-28;1-16(13-17-5-4-12-37-17)29-20-6-7-28-25(34)23(20)24-30-21-14-18-19(15-22(21)31-24)27(36)33(26(18)35)11-10-32-8-2-3-9-32;1-17(13-19-5-4-12-36-19)29-21-6-7-28-26(34)24(21)25-30-22-14-18-16-33(11-10-32-8-2-3-9-32)27(35)20(18)15-23(22)31-25/h3-4,7-10,16-17,19H,5-6,11-15H2,1-2H3,(H,33,34)(H2,31,32,37);3-4,7-10,16-17,20H,5-6,11-15,18H2,1-2H3,(H,33,34)(H2,31,32,37);4-7,12,14-16H,2-3,8-11,13H2,1H3,(H,30,31)(H2,28,29,34);4-7,12,14-15,17H,2-3,8-11,13,16H2,1H3,(H,30,31)(H2,28,29,34)/t19-;20-;16-;17-/m0000/s1. The Labute approximate surface area is 864 Å². The van der Waals surface area contributed by atoms with Crippen LogP contribution in [0.3, 0.4) is 0 Å². The third-order valence-corrected chi connectivity index (χ3v) is 29.9. The molecule has 0 unspecified atom stereocenters. The molecule has 0 bridgehead atoms. The van der Waals surface area contributed by atoms with Crippen LogP contribution in [0.1, 0.15) is 186 Å². The fraction of sp³-hybridized carbons (Fsp3) is 0.351. The molecule has 16 aromatic rings. The van der Waals surface area contributed by atoms with Gasteiger partial charge in [0.1, 0.15) is 57.1 Å². The molecule has 10 aromatic heterocycles. The number of furan rings is 2. The van der Waals surface area contributed by atoms with Crippen LogP contribution >= 0.6 is 0 Å². The summed E-state index contributed by atoms with van der Waals surface area (Å²) in [6.45, 7) is 27.7. The summed E-state index contributed by atoms with van der Waals surface area (Å²) in [4.78, 5) is 189. The molecular weight excluding hydrogens is 1900 g/mol. The predicted molar refractivity (Wildman–Crippen MR) is 578 cm³/mol. The third kappa shape index (κ3) is 21.5. The second kappa shape index (κ2) is 43.7. The van der Waals surface area contributed by atoms with Gasteiger partial charge in [0.2, 0.25) is 0 Å². The van der Waals surface area contributed by atoms with Crippen molar-refractivity contribution in [2.45, 2.75) is 156 Å². The first-order valence-corrected chi connectivity index (χ1v) is 52.3. The maximum Gasteiger partial charge on any atom is 0.261 e. The monoisotopic (exact) mass is 2020 g/mol. The number of benzene rings is 6. The summed E-state index contributed by atoms with van der Waals surface area (Å²) in [6.07, 6.45) is 22.4. The number of imidazole rings is 4. The second-order valence-electron chi connectivity index (χ2n) is 40.8. The molecular formula is C114H124N24O12. The summed E-state index contributed by atoms with van der Waals surface area (Å²) >= 11 is 0. The van der Waals surface area contributed by atoms with Crippen molar-refractivity contribution in [2.24, 2.45) is 0 Å². The van der Waals surface area contributed by atoms with E-state index in [0.717, 1.165) is 156 Å². The van der Waals surface area contributed by atoms with E-state index in [0.29, 0.717) is 181 Å². The molecule has 0 radical (unpaired) electrons. The number of H-pyrrole nitrogens is 8. The first-order valence-electron chi connectivity index (χ1n) is 52.3. The van der Waals surface area contributed by atoms with E-state index >= 15 is 0 Å². The maximum absolute atomic E-state index is 13.1. The minimum atomic E-state index is -0.304. The molecule has 36 heteroatoms. The van der Waals surface area contributed by atoms with Gasteiger partial charge in [-0.15, -0.1) is 0 Å². The fourth-order valence-electron chi connectivity index (χ4n) is 22.0. The second-order valence-corrected chi connectivity index (χ2v) is 40.8. The molecule has 772 valence electrons. The van der Waals surface area contributed by atoms with Gasteiger partial charge in [-0.25, -0.2) is 19.9 Å². The van der Waals surface area contributed by atoms with Crippen molar-refractivity contribution >= 4 is 102 Å². The molecule has 0 aliphatic carbocycles. The van der Waals surface area contributed by atoms with Crippen LogP contribution in [0.2, 0.25) is 0 Å². The van der Waals surface area contributed by atoms with E-state index in [-0.39, 0.29) is 81.8 Å². The van der Waals surface area contributed by atoms with Gasteiger partial charge in [-0.05, 0) is 289 Å². The van der Waals surface area contributed by atoms with Gasteiger partial charge >= 0.3 is 0 Å². The van der Waals surface area contributed by atoms with Crippen molar-refractivity contribution < 1.29 is 37.6 Å². The molecule has 6 aromatic carbocycles. The van der Waals surface area contributed by atoms with Crippen molar-refractivity contribution in [2.75, 3.05) is 126 Å². The molecule has 6 amide bonds. The van der Waals surface area contributed by atoms with Gasteiger partial charge < -0.3 is 99.4 Å². The highest BCUT2D eigenvalue weighted by molar-refractivity contribution is 6.24. The SMILES string of the molecule is C[C@@H](Cc1ccco1)Nc1cc[nH]c(=O)c1-c1nc2cc3c(cc2[nH]1)C(=O)N(CCN1CCCC1)C3=O.C[C@@H](Cc1ccco1)Nc1cc[nH]c(=O)c1-c1nc2cc3c(cc2[nH]1)CN(CCN1CCCC1)C3=O.Cc1ccccc1C[C@H](C)Nc1cc[nH]c(=O)c1-c1nc2cc3c(cc2[nH]1)C(=O)N(CCN1CCCC1)C3=O.Cc1ccccc1C[C@H](C)Nc1cc[nH]c(=O)c1-c1nc2cc3c(cc2[nH]1)CN(CCN1CCCC1)C3=O. The predicted octanol–water partition coefficient (Wildman–Crippen LogP) is 15.1. The quantitative estimate of drug-likeness (QED) is 0.0174. The maximum atomic E-state index is 13.1. The lowest BCUT2D eigenvalue weighted by molar-refractivity contribution is 0.0625. The average molecular weight is 2020 g/mol. The molecule has 12 N–H and O–H groups in total. The average Bonchev–Trinajstić information content (AvgIpc) is 1.57. The number of carbonyl (C=O) groups is 6. The molecule has 0 spiro atoms. The van der Waals surface area contributed by atoms with Crippen molar-refractivity contribution in [3.63, 3.8) is 0 Å². The summed E-state index contributed by atoms with van der Waals surface area (Å²) in [7, 11) is 0. The number of fused-ring (bicyclic) bond motifs is 8. The normalized spacial score (nSPS) is 16.5. The van der Waals surface area contributed by atoms with E-state index in [1.807, 2.05) is 109 Å². The third-order valence-electron chi connectivity index (χ3n) is 29.9. The highest BCUT2D eigenvalue weighted by Crippen LogP contribution is 2.38. The van der Waals surface area contributed by atoms with E-state index in [1.54, 1.807) is 67.6 Å². The molecule has 18 heterocycles. The number of anilines is 4. The molecule has 0 saturated carbocycles. The zero-order valence-corrected chi connectivity index (χ0v) is 85.1. The summed E-state index contributed by atoms with van der Waals surface area (Å²) in [5, 5.41) is 13.8. The molecule has 8 aliphatic heterocycles. The number of pyridine rings is 4. The highest BCUT2D eigenvalue weighted by Gasteiger charge is 2.40. The largest absolute Gasteiger partial charge is 0.469 e. The Kier molecular flexibility index (Phi) is 29.1. The smallest absolute Gasteiger partial charge is 0.261 e. The number of aryl methyl sites for hydroxylation is 2. The van der Waals surface area contributed by atoms with Crippen LogP contribution in [0.15, 0.2) is 211 Å². The number of nitrogens with zero attached hydrogens (tertiary/aromatic N) is 12. The molecule has 4 atom stereocenters. The summed E-state index contributed by atoms with van der Waals surface area (Å²) < 4.78 is 10.9. The van der Waals surface area contributed by atoms with Gasteiger partial charge in [0.15, 0.2) is 0 Å². The summed E-state index contributed by atoms with van der Waals surface area (Å²) in [5.41, 5.74) is 18.4. The van der Waals surface area contributed by atoms with E-state index in [4.69, 9.17) is 18.8 Å². The Morgan fingerprint density at radius 3 is 0.887 bits per heavy atom. The molecule has 150 heavy (non-hydrogen) atoms. The van der Waals surface area contributed by atoms with Gasteiger partial charge in [0, 0.05) is 138 Å². The molecule has 24 rings (SSSR count). The van der Waals surface area contributed by atoms with Crippen molar-refractivity contribution in [3.8, 4) is 45.6 Å². The fourth-order valence-corrected chi connectivity index (χ4v) is 22.0. The zero-order valence-electron chi connectivity index (χ0n) is 85.1. The molecule has 8 aliphatic rings. The minimum Gasteiger partial charge on any atom is -0.469 e. The number of aromatic amines is 8. The Balaban J connectivity index is 0.000000117. The van der Waals surface area contributed by atoms with E-state index in [2.05, 4.69) is 149 Å². The van der Waals surface area contributed by atoms with Crippen LogP contribution in [0.25, 0.3) is 89.7 Å². The van der Waals surface area contributed by atoms with Crippen molar-refractivity contribution in [1.29, 1.82) is 0 Å². The Bertz CT molecular complexity index is 7910. The number of hydrogen-bond acceptors (Lipinski definition) is 24. The highest BCUT2D eigenvalue weighted by atomic mass is 16.3. The lowest BCUT2D eigenvalue weighted by Gasteiger charge is -2.20. The number of rotatable bonds is 32. The van der Waals surface area contributed by atoms with Crippen LogP contribution in [0, 0.1) is 13.8 Å². The van der Waals surface area contributed by atoms with E-state index < -0.39 is 0 Å². The molecule has 36 nitrogen and oxygen atoms in total. The number of carbonyl (C=O) groups excluding carboxylic acids is 6. The number of likely N-dealkylation sites (tertiary alicyclic amines) is 4. The van der Waals surface area contributed by atoms with Gasteiger partial charge in [-0.1, -0.05) is 48.5 Å². The van der Waals surface area contributed by atoms with Gasteiger partial charge in [-0.2, -0.15) is 0 Å².